The molecule has 0 aliphatic heterocycles. The van der Waals surface area contributed by atoms with Crippen molar-refractivity contribution >= 4 is 11.9 Å². The van der Waals surface area contributed by atoms with Crippen molar-refractivity contribution in [2.24, 2.45) is 11.8 Å². The number of methoxy groups -OCH3 is 1. The van der Waals surface area contributed by atoms with Crippen molar-refractivity contribution in [1.29, 1.82) is 0 Å². The molecular formula is C9H18N6O2. The minimum absolute atomic E-state index is 0.0168. The van der Waals surface area contributed by atoms with Crippen LogP contribution in [0.5, 0.6) is 6.01 Å². The van der Waals surface area contributed by atoms with E-state index >= 15 is 0 Å². The van der Waals surface area contributed by atoms with E-state index in [-0.39, 0.29) is 30.5 Å². The quantitative estimate of drug-likeness (QED) is 0.393. The van der Waals surface area contributed by atoms with Crippen molar-refractivity contribution in [3.05, 3.63) is 0 Å². The highest BCUT2D eigenvalue weighted by Crippen LogP contribution is 2.13. The van der Waals surface area contributed by atoms with E-state index in [1.165, 1.54) is 7.11 Å². The predicted molar refractivity (Wildman–Crippen MR) is 63.5 cm³/mol. The van der Waals surface area contributed by atoms with Gasteiger partial charge in [-0.05, 0) is 5.92 Å². The summed E-state index contributed by atoms with van der Waals surface area (Å²) in [5.74, 6) is 5.96. The number of aliphatic hydroxyl groups excluding tert-OH is 1. The molecule has 0 spiro atoms. The Morgan fingerprint density at radius 3 is 2.41 bits per heavy atom. The summed E-state index contributed by atoms with van der Waals surface area (Å²) >= 11 is 0. The first kappa shape index (κ1) is 13.4. The van der Waals surface area contributed by atoms with Crippen molar-refractivity contribution in [2.45, 2.75) is 19.9 Å². The second kappa shape index (κ2) is 6.16. The molecule has 8 nitrogen and oxygen atoms in total. The molecule has 1 rings (SSSR count). The van der Waals surface area contributed by atoms with E-state index in [0.717, 1.165) is 0 Å². The van der Waals surface area contributed by atoms with E-state index in [0.29, 0.717) is 5.95 Å². The molecule has 1 heterocycles. The Bertz CT molecular complexity index is 337. The molecular weight excluding hydrogens is 224 g/mol. The number of rotatable bonds is 6. The molecule has 0 bridgehead atoms. The number of nitrogen functional groups attached to an aromatic ring is 1. The van der Waals surface area contributed by atoms with Gasteiger partial charge in [-0.3, -0.25) is 5.43 Å². The minimum atomic E-state index is -0.146. The number of hydrazine groups is 1. The van der Waals surface area contributed by atoms with E-state index in [4.69, 9.17) is 10.6 Å². The number of nitrogens with two attached hydrogens (primary N) is 1. The summed E-state index contributed by atoms with van der Waals surface area (Å²) in [6.07, 6.45) is 0. The largest absolute Gasteiger partial charge is 0.467 e. The molecule has 1 aromatic rings. The topological polar surface area (TPSA) is 118 Å². The third-order valence-corrected chi connectivity index (χ3v) is 2.24. The van der Waals surface area contributed by atoms with Gasteiger partial charge >= 0.3 is 6.01 Å². The van der Waals surface area contributed by atoms with E-state index in [2.05, 4.69) is 25.7 Å². The first-order chi connectivity index (χ1) is 8.10. The van der Waals surface area contributed by atoms with Crippen molar-refractivity contribution < 1.29 is 9.84 Å². The molecule has 1 atom stereocenters. The summed E-state index contributed by atoms with van der Waals surface area (Å²) < 4.78 is 4.91. The van der Waals surface area contributed by atoms with Crippen LogP contribution in [-0.4, -0.2) is 39.8 Å². The third-order valence-electron chi connectivity index (χ3n) is 2.24. The second-order valence-electron chi connectivity index (χ2n) is 3.79. The summed E-state index contributed by atoms with van der Waals surface area (Å²) in [6, 6.07) is 0.00336. The Morgan fingerprint density at radius 1 is 1.29 bits per heavy atom. The smallest absolute Gasteiger partial charge is 0.322 e. The fraction of sp³-hybridized carbons (Fsp3) is 0.667. The van der Waals surface area contributed by atoms with Crippen LogP contribution in [-0.2, 0) is 0 Å². The summed E-state index contributed by atoms with van der Waals surface area (Å²) in [6.45, 7) is 3.94. The number of ether oxygens (including phenoxy) is 1. The van der Waals surface area contributed by atoms with Gasteiger partial charge < -0.3 is 15.2 Å². The van der Waals surface area contributed by atoms with Crippen LogP contribution in [0.4, 0.5) is 11.9 Å². The first-order valence-corrected chi connectivity index (χ1v) is 5.24. The summed E-state index contributed by atoms with van der Waals surface area (Å²) in [4.78, 5) is 11.9. The molecule has 1 unspecified atom stereocenters. The molecule has 0 aliphatic carbocycles. The molecule has 0 fully saturated rings. The van der Waals surface area contributed by atoms with Gasteiger partial charge in [0, 0.05) is 0 Å². The standard InChI is InChI=1S/C9H18N6O2/c1-5(2)6(4-16)11-7-12-8(15-10)14-9(13-7)17-3/h5-6,16H,4,10H2,1-3H3,(H2,11,12,13,14,15). The molecule has 17 heavy (non-hydrogen) atoms. The number of anilines is 2. The van der Waals surface area contributed by atoms with Gasteiger partial charge in [-0.25, -0.2) is 5.84 Å². The fourth-order valence-electron chi connectivity index (χ4n) is 1.17. The van der Waals surface area contributed by atoms with Gasteiger partial charge in [0.15, 0.2) is 0 Å². The number of hydrogen-bond donors (Lipinski definition) is 4. The van der Waals surface area contributed by atoms with Crippen LogP contribution < -0.4 is 21.3 Å². The summed E-state index contributed by atoms with van der Waals surface area (Å²) in [5, 5.41) is 12.2. The molecule has 0 saturated carbocycles. The van der Waals surface area contributed by atoms with Crippen LogP contribution in [0.3, 0.4) is 0 Å². The molecule has 0 aromatic carbocycles. The van der Waals surface area contributed by atoms with Crippen molar-refractivity contribution in [3.8, 4) is 6.01 Å². The highest BCUT2D eigenvalue weighted by atomic mass is 16.5. The zero-order valence-electron chi connectivity index (χ0n) is 10.1. The lowest BCUT2D eigenvalue weighted by atomic mass is 10.1. The average molecular weight is 242 g/mol. The first-order valence-electron chi connectivity index (χ1n) is 5.24. The molecule has 0 saturated heterocycles. The van der Waals surface area contributed by atoms with E-state index < -0.39 is 0 Å². The van der Waals surface area contributed by atoms with Gasteiger partial charge in [0.2, 0.25) is 11.9 Å². The number of nitrogens with one attached hydrogen (secondary N) is 2. The zero-order chi connectivity index (χ0) is 12.8. The molecule has 0 radical (unpaired) electrons. The Hall–Kier alpha value is -1.67. The molecule has 96 valence electrons. The van der Waals surface area contributed by atoms with Crippen molar-refractivity contribution in [2.75, 3.05) is 24.5 Å². The van der Waals surface area contributed by atoms with Crippen LogP contribution in [0.25, 0.3) is 0 Å². The van der Waals surface area contributed by atoms with Crippen molar-refractivity contribution in [1.82, 2.24) is 15.0 Å². The molecule has 0 amide bonds. The fourth-order valence-corrected chi connectivity index (χ4v) is 1.17. The van der Waals surface area contributed by atoms with Gasteiger partial charge in [-0.2, -0.15) is 15.0 Å². The van der Waals surface area contributed by atoms with Gasteiger partial charge in [-0.1, -0.05) is 13.8 Å². The van der Waals surface area contributed by atoms with Gasteiger partial charge in [0.1, 0.15) is 0 Å². The third kappa shape index (κ3) is 3.68. The molecule has 1 aromatic heterocycles. The molecule has 5 N–H and O–H groups in total. The lowest BCUT2D eigenvalue weighted by Crippen LogP contribution is -2.30. The number of aromatic nitrogens is 3. The average Bonchev–Trinajstić information content (AvgIpc) is 2.34. The van der Waals surface area contributed by atoms with E-state index in [1.807, 2.05) is 13.8 Å². The summed E-state index contributed by atoms with van der Waals surface area (Å²) in [5.41, 5.74) is 2.32. The lowest BCUT2D eigenvalue weighted by molar-refractivity contribution is 0.248. The van der Waals surface area contributed by atoms with Crippen LogP contribution in [0.15, 0.2) is 0 Å². The van der Waals surface area contributed by atoms with Crippen molar-refractivity contribution in [3.63, 3.8) is 0 Å². The Morgan fingerprint density at radius 2 is 1.94 bits per heavy atom. The highest BCUT2D eigenvalue weighted by Gasteiger charge is 2.14. The minimum Gasteiger partial charge on any atom is -0.467 e. The SMILES string of the molecule is COc1nc(NN)nc(NC(CO)C(C)C)n1. The van der Waals surface area contributed by atoms with Crippen LogP contribution in [0.2, 0.25) is 0 Å². The normalized spacial score (nSPS) is 12.4. The maximum absolute atomic E-state index is 9.21. The zero-order valence-corrected chi connectivity index (χ0v) is 10.1. The van der Waals surface area contributed by atoms with Crippen LogP contribution in [0.1, 0.15) is 13.8 Å². The van der Waals surface area contributed by atoms with E-state index in [9.17, 15) is 5.11 Å². The second-order valence-corrected chi connectivity index (χ2v) is 3.79. The number of hydrogen-bond acceptors (Lipinski definition) is 8. The van der Waals surface area contributed by atoms with Crippen LogP contribution in [0, 0.1) is 5.92 Å². The van der Waals surface area contributed by atoms with Gasteiger partial charge in [-0.15, -0.1) is 0 Å². The maximum Gasteiger partial charge on any atom is 0.322 e. The summed E-state index contributed by atoms with van der Waals surface area (Å²) in [7, 11) is 1.45. The predicted octanol–water partition coefficient (Wildman–Crippen LogP) is -0.405. The number of nitrogens with zero attached hydrogens (tertiary/aromatic N) is 3. The molecule has 0 aliphatic rings. The van der Waals surface area contributed by atoms with Gasteiger partial charge in [0.05, 0.1) is 19.8 Å². The van der Waals surface area contributed by atoms with E-state index in [1.54, 1.807) is 0 Å². The lowest BCUT2D eigenvalue weighted by Gasteiger charge is -2.19. The monoisotopic (exact) mass is 242 g/mol. The Balaban J connectivity index is 2.89. The molecule has 8 heteroatoms. The maximum atomic E-state index is 9.21. The van der Waals surface area contributed by atoms with Gasteiger partial charge in [0.25, 0.3) is 0 Å². The Kier molecular flexibility index (Phi) is 4.85. The highest BCUT2D eigenvalue weighted by molar-refractivity contribution is 5.35. The number of aliphatic hydroxyl groups is 1. The Labute approximate surface area is 99.6 Å². The van der Waals surface area contributed by atoms with Crippen LogP contribution >= 0.6 is 0 Å².